The molecular formula is C18H11Cl4N3OS2. The summed E-state index contributed by atoms with van der Waals surface area (Å²) in [7, 11) is 0. The largest absolute Gasteiger partial charge is 0.297 e. The van der Waals surface area contributed by atoms with Gasteiger partial charge < -0.3 is 0 Å². The lowest BCUT2D eigenvalue weighted by Gasteiger charge is -2.02. The third-order valence-corrected chi connectivity index (χ3v) is 6.55. The monoisotopic (exact) mass is 489 g/mol. The Morgan fingerprint density at radius 1 is 1.04 bits per heavy atom. The molecule has 0 radical (unpaired) electrons. The highest BCUT2D eigenvalue weighted by molar-refractivity contribution is 8.00. The highest BCUT2D eigenvalue weighted by atomic mass is 35.5. The molecule has 0 saturated carbocycles. The minimum Gasteiger partial charge on any atom is -0.297 e. The SMILES string of the molecule is O=C(/C=C/c1ccc(Cl)cc1Cl)Nc1nnc(SCc2ccc(Cl)cc2Cl)s1. The summed E-state index contributed by atoms with van der Waals surface area (Å²) in [5, 5.41) is 13.3. The number of amides is 1. The van der Waals surface area contributed by atoms with Crippen LogP contribution >= 0.6 is 69.5 Å². The summed E-state index contributed by atoms with van der Waals surface area (Å²) < 4.78 is 0.714. The Labute approximate surface area is 189 Å². The quantitative estimate of drug-likeness (QED) is 0.227. The van der Waals surface area contributed by atoms with Crippen molar-refractivity contribution in [3.05, 3.63) is 73.7 Å². The summed E-state index contributed by atoms with van der Waals surface area (Å²) in [5.41, 5.74) is 1.63. The average Bonchev–Trinajstić information content (AvgIpc) is 3.07. The van der Waals surface area contributed by atoms with Crippen molar-refractivity contribution in [1.29, 1.82) is 0 Å². The molecule has 3 aromatic rings. The van der Waals surface area contributed by atoms with Crippen LogP contribution in [0.2, 0.25) is 20.1 Å². The van der Waals surface area contributed by atoms with E-state index in [4.69, 9.17) is 46.4 Å². The van der Waals surface area contributed by atoms with Gasteiger partial charge in [-0.25, -0.2) is 0 Å². The average molecular weight is 491 g/mol. The van der Waals surface area contributed by atoms with Gasteiger partial charge in [-0.1, -0.05) is 81.6 Å². The molecule has 0 aliphatic heterocycles. The number of halogens is 4. The number of benzene rings is 2. The molecule has 2 aromatic carbocycles. The third kappa shape index (κ3) is 6.11. The van der Waals surface area contributed by atoms with E-state index in [0.29, 0.717) is 40.9 Å². The number of hydrogen-bond donors (Lipinski definition) is 1. The van der Waals surface area contributed by atoms with Crippen molar-refractivity contribution >= 4 is 86.6 Å². The number of thioether (sulfide) groups is 1. The molecule has 1 heterocycles. The van der Waals surface area contributed by atoms with Crippen LogP contribution in [0.15, 0.2) is 46.8 Å². The van der Waals surface area contributed by atoms with Crippen molar-refractivity contribution in [1.82, 2.24) is 10.2 Å². The lowest BCUT2D eigenvalue weighted by atomic mass is 10.2. The molecule has 0 aliphatic rings. The van der Waals surface area contributed by atoms with Gasteiger partial charge in [-0.05, 0) is 41.5 Å². The van der Waals surface area contributed by atoms with Crippen molar-refractivity contribution in [3.8, 4) is 0 Å². The van der Waals surface area contributed by atoms with Crippen molar-refractivity contribution in [3.63, 3.8) is 0 Å². The van der Waals surface area contributed by atoms with Gasteiger partial charge in [-0.2, -0.15) is 0 Å². The van der Waals surface area contributed by atoms with E-state index in [-0.39, 0.29) is 5.91 Å². The molecule has 10 heteroatoms. The summed E-state index contributed by atoms with van der Waals surface area (Å²) in [5.74, 6) is 0.285. The maximum Gasteiger partial charge on any atom is 0.250 e. The number of nitrogens with zero attached hydrogens (tertiary/aromatic N) is 2. The van der Waals surface area contributed by atoms with E-state index in [1.165, 1.54) is 29.2 Å². The van der Waals surface area contributed by atoms with Crippen LogP contribution in [0, 0.1) is 0 Å². The second kappa shape index (κ2) is 9.96. The van der Waals surface area contributed by atoms with E-state index in [0.717, 1.165) is 5.56 Å². The summed E-state index contributed by atoms with van der Waals surface area (Å²) in [6.07, 6.45) is 2.98. The van der Waals surface area contributed by atoms with Crippen molar-refractivity contribution < 1.29 is 4.79 Å². The van der Waals surface area contributed by atoms with Crippen LogP contribution in [0.1, 0.15) is 11.1 Å². The Kier molecular flexibility index (Phi) is 7.62. The van der Waals surface area contributed by atoms with Gasteiger partial charge in [0.25, 0.3) is 0 Å². The van der Waals surface area contributed by atoms with E-state index in [2.05, 4.69) is 15.5 Å². The Morgan fingerprint density at radius 2 is 1.75 bits per heavy atom. The molecule has 1 amide bonds. The maximum atomic E-state index is 12.1. The van der Waals surface area contributed by atoms with Crippen molar-refractivity contribution in [2.75, 3.05) is 5.32 Å². The number of anilines is 1. The summed E-state index contributed by atoms with van der Waals surface area (Å²) in [6.45, 7) is 0. The molecule has 0 bridgehead atoms. The van der Waals surface area contributed by atoms with Gasteiger partial charge in [0, 0.05) is 31.9 Å². The van der Waals surface area contributed by atoms with Gasteiger partial charge in [0.1, 0.15) is 0 Å². The van der Waals surface area contributed by atoms with Gasteiger partial charge in [-0.3, -0.25) is 10.1 Å². The molecule has 0 fully saturated rings. The molecule has 28 heavy (non-hydrogen) atoms. The molecular weight excluding hydrogens is 480 g/mol. The first-order chi connectivity index (χ1) is 13.4. The van der Waals surface area contributed by atoms with Gasteiger partial charge in [0.2, 0.25) is 11.0 Å². The standard InChI is InChI=1S/C18H11Cl4N3OS2/c19-12-4-1-10(14(21)7-12)3-6-16(26)23-17-24-25-18(28-17)27-9-11-2-5-13(20)8-15(11)22/h1-8H,9H2,(H,23,24,26)/b6-3+. The molecule has 0 saturated heterocycles. The van der Waals surface area contributed by atoms with Gasteiger partial charge in [0.15, 0.2) is 4.34 Å². The molecule has 0 aliphatic carbocycles. The zero-order valence-electron chi connectivity index (χ0n) is 14.0. The third-order valence-electron chi connectivity index (χ3n) is 3.38. The predicted molar refractivity (Wildman–Crippen MR) is 120 cm³/mol. The zero-order chi connectivity index (χ0) is 20.1. The first-order valence-corrected chi connectivity index (χ1v) is 11.1. The topological polar surface area (TPSA) is 54.9 Å². The van der Waals surface area contributed by atoms with Crippen molar-refractivity contribution in [2.24, 2.45) is 0 Å². The Balaban J connectivity index is 1.56. The Hall–Kier alpha value is -1.28. The van der Waals surface area contributed by atoms with Crippen LogP contribution in [-0.2, 0) is 10.5 Å². The Bertz CT molecular complexity index is 1040. The number of hydrogen-bond acceptors (Lipinski definition) is 5. The first kappa shape index (κ1) is 21.4. The fraction of sp³-hybridized carbons (Fsp3) is 0.0556. The van der Waals surface area contributed by atoms with Crippen molar-refractivity contribution in [2.45, 2.75) is 10.1 Å². The second-order valence-electron chi connectivity index (χ2n) is 5.39. The predicted octanol–water partition coefficient (Wildman–Crippen LogP) is 7.10. The minimum atomic E-state index is -0.334. The smallest absolute Gasteiger partial charge is 0.250 e. The number of carbonyl (C=O) groups excluding carboxylic acids is 1. The van der Waals surface area contributed by atoms with Gasteiger partial charge >= 0.3 is 0 Å². The van der Waals surface area contributed by atoms with Crippen LogP contribution < -0.4 is 5.32 Å². The van der Waals surface area contributed by atoms with Crippen LogP contribution in [0.3, 0.4) is 0 Å². The number of aromatic nitrogens is 2. The molecule has 4 nitrogen and oxygen atoms in total. The van der Waals surface area contributed by atoms with Crippen LogP contribution in [0.25, 0.3) is 6.08 Å². The lowest BCUT2D eigenvalue weighted by Crippen LogP contribution is -2.07. The van der Waals surface area contributed by atoms with Crippen LogP contribution in [0.4, 0.5) is 5.13 Å². The van der Waals surface area contributed by atoms with E-state index in [1.54, 1.807) is 36.4 Å². The normalized spacial score (nSPS) is 11.1. The van der Waals surface area contributed by atoms with Crippen LogP contribution in [-0.4, -0.2) is 16.1 Å². The fourth-order valence-electron chi connectivity index (χ4n) is 2.05. The zero-order valence-corrected chi connectivity index (χ0v) is 18.6. The minimum absolute atomic E-state index is 0.334. The number of nitrogens with one attached hydrogen (secondary N) is 1. The Morgan fingerprint density at radius 3 is 2.46 bits per heavy atom. The van der Waals surface area contributed by atoms with E-state index >= 15 is 0 Å². The molecule has 0 atom stereocenters. The molecule has 0 spiro atoms. The summed E-state index contributed by atoms with van der Waals surface area (Å²) in [6, 6.07) is 10.4. The van der Waals surface area contributed by atoms with Crippen LogP contribution in [0.5, 0.6) is 0 Å². The van der Waals surface area contributed by atoms with E-state index in [9.17, 15) is 4.79 Å². The van der Waals surface area contributed by atoms with Gasteiger partial charge in [0.05, 0.1) is 0 Å². The number of rotatable bonds is 6. The second-order valence-corrected chi connectivity index (χ2v) is 9.27. The fourth-order valence-corrected chi connectivity index (χ4v) is 4.83. The first-order valence-electron chi connectivity index (χ1n) is 7.75. The highest BCUT2D eigenvalue weighted by Crippen LogP contribution is 2.31. The van der Waals surface area contributed by atoms with E-state index in [1.807, 2.05) is 6.07 Å². The molecule has 3 rings (SSSR count). The highest BCUT2D eigenvalue weighted by Gasteiger charge is 2.09. The number of carbonyl (C=O) groups is 1. The van der Waals surface area contributed by atoms with Gasteiger partial charge in [-0.15, -0.1) is 10.2 Å². The molecule has 1 aromatic heterocycles. The lowest BCUT2D eigenvalue weighted by molar-refractivity contribution is -0.111. The van der Waals surface area contributed by atoms with E-state index < -0.39 is 0 Å². The maximum absolute atomic E-state index is 12.1. The summed E-state index contributed by atoms with van der Waals surface area (Å²) >= 11 is 26.7. The molecule has 144 valence electrons. The summed E-state index contributed by atoms with van der Waals surface area (Å²) in [4.78, 5) is 12.1. The molecule has 1 N–H and O–H groups in total. The molecule has 0 unspecified atom stereocenters.